The van der Waals surface area contributed by atoms with Crippen molar-refractivity contribution in [1.82, 2.24) is 15.2 Å². The molecule has 0 aliphatic carbocycles. The van der Waals surface area contributed by atoms with Gasteiger partial charge in [-0.3, -0.25) is 5.10 Å². The minimum absolute atomic E-state index is 0.0343. The molecular weight excluding hydrogens is 350 g/mol. The van der Waals surface area contributed by atoms with Crippen LogP contribution in [0.3, 0.4) is 0 Å². The molecule has 1 N–H and O–H groups in total. The molecular formula is C19H15N3O3S. The molecule has 4 rings (SSSR count). The average Bonchev–Trinajstić information content (AvgIpc) is 3.41. The Hall–Kier alpha value is -3.19. The number of oxazole rings is 1. The maximum atomic E-state index is 12.2. The van der Waals surface area contributed by atoms with Crippen molar-refractivity contribution >= 4 is 17.3 Å². The second kappa shape index (κ2) is 6.97. The van der Waals surface area contributed by atoms with Gasteiger partial charge in [0.25, 0.3) is 0 Å². The van der Waals surface area contributed by atoms with Gasteiger partial charge in [0.1, 0.15) is 24.3 Å². The number of aryl methyl sites for hydroxylation is 1. The van der Waals surface area contributed by atoms with E-state index in [1.54, 1.807) is 6.07 Å². The molecule has 3 aromatic heterocycles. The highest BCUT2D eigenvalue weighted by Crippen LogP contribution is 2.24. The van der Waals surface area contributed by atoms with Gasteiger partial charge in [0.15, 0.2) is 0 Å². The van der Waals surface area contributed by atoms with Crippen LogP contribution in [-0.4, -0.2) is 21.2 Å². The summed E-state index contributed by atoms with van der Waals surface area (Å²) in [6.07, 6.45) is 1.49. The van der Waals surface area contributed by atoms with Crippen LogP contribution in [0.15, 0.2) is 58.5 Å². The SMILES string of the molecule is Cc1ccc(-c2cc(C(=O)OCc3coc(-c4cccs4)n3)[nH]n2)cc1. The molecule has 0 saturated carbocycles. The van der Waals surface area contributed by atoms with Crippen molar-refractivity contribution in [1.29, 1.82) is 0 Å². The zero-order chi connectivity index (χ0) is 17.9. The largest absolute Gasteiger partial charge is 0.454 e. The van der Waals surface area contributed by atoms with Crippen molar-refractivity contribution in [2.24, 2.45) is 0 Å². The standard InChI is InChI=1S/C19H15N3O3S/c1-12-4-6-13(7-5-12)15-9-16(22-21-15)19(23)25-11-14-10-24-18(20-14)17-3-2-8-26-17/h2-10H,11H2,1H3,(H,21,22). The van der Waals surface area contributed by atoms with Crippen molar-refractivity contribution in [3.05, 3.63) is 71.1 Å². The van der Waals surface area contributed by atoms with Crippen molar-refractivity contribution in [3.63, 3.8) is 0 Å². The number of nitrogens with zero attached hydrogens (tertiary/aromatic N) is 2. The molecule has 0 saturated heterocycles. The smallest absolute Gasteiger partial charge is 0.356 e. The van der Waals surface area contributed by atoms with E-state index in [0.717, 1.165) is 10.4 Å². The summed E-state index contributed by atoms with van der Waals surface area (Å²) < 4.78 is 10.7. The number of hydrogen-bond acceptors (Lipinski definition) is 6. The Balaban J connectivity index is 1.40. The number of carbonyl (C=O) groups excluding carboxylic acids is 1. The zero-order valence-corrected chi connectivity index (χ0v) is 14.7. The number of hydrogen-bond donors (Lipinski definition) is 1. The number of benzene rings is 1. The molecule has 0 amide bonds. The van der Waals surface area contributed by atoms with E-state index in [1.165, 1.54) is 23.2 Å². The highest BCUT2D eigenvalue weighted by Gasteiger charge is 2.14. The van der Waals surface area contributed by atoms with E-state index >= 15 is 0 Å². The Morgan fingerprint density at radius 2 is 2.12 bits per heavy atom. The van der Waals surface area contributed by atoms with Gasteiger partial charge >= 0.3 is 5.97 Å². The highest BCUT2D eigenvalue weighted by atomic mass is 32.1. The van der Waals surface area contributed by atoms with Gasteiger partial charge in [0.05, 0.1) is 10.6 Å². The van der Waals surface area contributed by atoms with Crippen LogP contribution >= 0.6 is 11.3 Å². The molecule has 130 valence electrons. The van der Waals surface area contributed by atoms with Crippen LogP contribution in [0.2, 0.25) is 0 Å². The van der Waals surface area contributed by atoms with E-state index in [9.17, 15) is 4.79 Å². The summed E-state index contributed by atoms with van der Waals surface area (Å²) >= 11 is 1.53. The van der Waals surface area contributed by atoms with E-state index in [2.05, 4.69) is 15.2 Å². The van der Waals surface area contributed by atoms with Crippen LogP contribution in [-0.2, 0) is 11.3 Å². The molecule has 4 aromatic rings. The fourth-order valence-electron chi connectivity index (χ4n) is 2.40. The van der Waals surface area contributed by atoms with E-state index < -0.39 is 5.97 Å². The normalized spacial score (nSPS) is 10.8. The first kappa shape index (κ1) is 16.3. The van der Waals surface area contributed by atoms with Crippen molar-refractivity contribution < 1.29 is 13.9 Å². The highest BCUT2D eigenvalue weighted by molar-refractivity contribution is 7.13. The first-order valence-electron chi connectivity index (χ1n) is 7.97. The quantitative estimate of drug-likeness (QED) is 0.528. The van der Waals surface area contributed by atoms with Gasteiger partial charge in [0.2, 0.25) is 5.89 Å². The number of H-pyrrole nitrogens is 1. The summed E-state index contributed by atoms with van der Waals surface area (Å²) in [5, 5.41) is 8.83. The molecule has 1 aromatic carbocycles. The molecule has 0 fully saturated rings. The molecule has 6 nitrogen and oxygen atoms in total. The van der Waals surface area contributed by atoms with Gasteiger partial charge in [-0.05, 0) is 24.4 Å². The van der Waals surface area contributed by atoms with Crippen LogP contribution in [0.4, 0.5) is 0 Å². The van der Waals surface area contributed by atoms with E-state index in [-0.39, 0.29) is 6.61 Å². The van der Waals surface area contributed by atoms with Crippen LogP contribution in [0, 0.1) is 6.92 Å². The molecule has 26 heavy (non-hydrogen) atoms. The monoisotopic (exact) mass is 365 g/mol. The summed E-state index contributed by atoms with van der Waals surface area (Å²) in [6.45, 7) is 2.05. The molecule has 3 heterocycles. The Labute approximate surface area is 153 Å². The molecule has 0 aliphatic rings. The molecule has 7 heteroatoms. The minimum atomic E-state index is -0.489. The van der Waals surface area contributed by atoms with Crippen LogP contribution in [0.25, 0.3) is 22.0 Å². The molecule has 0 unspecified atom stereocenters. The van der Waals surface area contributed by atoms with E-state index in [1.807, 2.05) is 48.7 Å². The Morgan fingerprint density at radius 1 is 1.27 bits per heavy atom. The summed E-state index contributed by atoms with van der Waals surface area (Å²) in [5.74, 6) is 0.0331. The topological polar surface area (TPSA) is 81.0 Å². The summed E-state index contributed by atoms with van der Waals surface area (Å²) in [6, 6.07) is 13.4. The number of esters is 1. The van der Waals surface area contributed by atoms with Crippen LogP contribution in [0.1, 0.15) is 21.7 Å². The summed E-state index contributed by atoms with van der Waals surface area (Å²) in [7, 11) is 0. The molecule has 0 bridgehead atoms. The predicted molar refractivity (Wildman–Crippen MR) is 97.7 cm³/mol. The lowest BCUT2D eigenvalue weighted by atomic mass is 10.1. The number of aromatic nitrogens is 3. The van der Waals surface area contributed by atoms with Gasteiger partial charge in [-0.2, -0.15) is 5.10 Å². The molecule has 0 atom stereocenters. The number of aromatic amines is 1. The second-order valence-corrected chi connectivity index (χ2v) is 6.68. The Morgan fingerprint density at radius 3 is 2.88 bits per heavy atom. The van der Waals surface area contributed by atoms with Crippen molar-refractivity contribution in [3.8, 4) is 22.0 Å². The van der Waals surface area contributed by atoms with Gasteiger partial charge < -0.3 is 9.15 Å². The molecule has 0 radical (unpaired) electrons. The zero-order valence-electron chi connectivity index (χ0n) is 13.9. The summed E-state index contributed by atoms with van der Waals surface area (Å²) in [4.78, 5) is 17.5. The number of rotatable bonds is 5. The third-order valence-electron chi connectivity index (χ3n) is 3.78. The second-order valence-electron chi connectivity index (χ2n) is 5.73. The van der Waals surface area contributed by atoms with Crippen LogP contribution in [0.5, 0.6) is 0 Å². The number of thiophene rings is 1. The first-order chi connectivity index (χ1) is 12.7. The summed E-state index contributed by atoms with van der Waals surface area (Å²) in [5.41, 5.74) is 3.64. The van der Waals surface area contributed by atoms with Gasteiger partial charge in [-0.1, -0.05) is 35.9 Å². The maximum absolute atomic E-state index is 12.2. The number of nitrogens with one attached hydrogen (secondary N) is 1. The number of ether oxygens (including phenoxy) is 1. The maximum Gasteiger partial charge on any atom is 0.356 e. The fourth-order valence-corrected chi connectivity index (χ4v) is 3.06. The van der Waals surface area contributed by atoms with E-state index in [4.69, 9.17) is 9.15 Å². The minimum Gasteiger partial charge on any atom is -0.454 e. The van der Waals surface area contributed by atoms with Crippen LogP contribution < -0.4 is 0 Å². The Bertz CT molecular complexity index is 1020. The predicted octanol–water partition coefficient (Wildman–Crippen LogP) is 4.46. The van der Waals surface area contributed by atoms with E-state index in [0.29, 0.717) is 23.0 Å². The number of carbonyl (C=O) groups is 1. The lowest BCUT2D eigenvalue weighted by molar-refractivity contribution is 0.0460. The lowest BCUT2D eigenvalue weighted by Crippen LogP contribution is -2.05. The van der Waals surface area contributed by atoms with Gasteiger partial charge in [-0.25, -0.2) is 9.78 Å². The average molecular weight is 365 g/mol. The van der Waals surface area contributed by atoms with Gasteiger partial charge in [0, 0.05) is 5.56 Å². The van der Waals surface area contributed by atoms with Crippen molar-refractivity contribution in [2.75, 3.05) is 0 Å². The Kier molecular flexibility index (Phi) is 4.37. The first-order valence-corrected chi connectivity index (χ1v) is 8.85. The third-order valence-corrected chi connectivity index (χ3v) is 4.64. The van der Waals surface area contributed by atoms with Gasteiger partial charge in [-0.15, -0.1) is 11.3 Å². The van der Waals surface area contributed by atoms with Crippen molar-refractivity contribution in [2.45, 2.75) is 13.5 Å². The third kappa shape index (κ3) is 3.43. The molecule has 0 spiro atoms. The fraction of sp³-hybridized carbons (Fsp3) is 0.105. The lowest BCUT2D eigenvalue weighted by Gasteiger charge is -1.99. The molecule has 0 aliphatic heterocycles.